The number of nitrogens with zero attached hydrogens (tertiary/aromatic N) is 1. The molecule has 100 valence electrons. The van der Waals surface area contributed by atoms with Gasteiger partial charge in [-0.2, -0.15) is 0 Å². The molecule has 1 atom stereocenters. The number of likely N-dealkylation sites (tertiary alicyclic amines) is 1. The maximum Gasteiger partial charge on any atom is 0.250 e. The Morgan fingerprint density at radius 3 is 2.78 bits per heavy atom. The number of alkyl halides is 2. The first kappa shape index (κ1) is 13.4. The molecule has 1 N–H and O–H groups in total. The van der Waals surface area contributed by atoms with Crippen LogP contribution in [0.3, 0.4) is 0 Å². The molecule has 18 heavy (non-hydrogen) atoms. The molecule has 0 aromatic heterocycles. The molecule has 1 aliphatic rings. The summed E-state index contributed by atoms with van der Waals surface area (Å²) in [5, 5.41) is 2.92. The molecule has 2 rings (SSSR count). The van der Waals surface area contributed by atoms with Crippen molar-refractivity contribution < 1.29 is 8.78 Å². The van der Waals surface area contributed by atoms with E-state index in [1.165, 1.54) is 5.56 Å². The Labute approximate surface area is 107 Å². The van der Waals surface area contributed by atoms with E-state index < -0.39 is 6.43 Å². The highest BCUT2D eigenvalue weighted by Crippen LogP contribution is 2.11. The van der Waals surface area contributed by atoms with Crippen LogP contribution in [0.4, 0.5) is 8.78 Å². The standard InChI is InChI=1S/C14H20F2N2/c15-14(16)10-17-13-7-9-18(11-13)8-6-12-4-2-1-3-5-12/h1-5,13-14,17H,6-11H2. The normalized spacial score (nSPS) is 20.7. The number of halogens is 2. The summed E-state index contributed by atoms with van der Waals surface area (Å²) < 4.78 is 24.2. The van der Waals surface area contributed by atoms with Gasteiger partial charge in [-0.25, -0.2) is 8.78 Å². The van der Waals surface area contributed by atoms with Gasteiger partial charge in [0.25, 0.3) is 6.43 Å². The maximum atomic E-state index is 12.1. The zero-order chi connectivity index (χ0) is 12.8. The van der Waals surface area contributed by atoms with Gasteiger partial charge in [-0.05, 0) is 24.9 Å². The van der Waals surface area contributed by atoms with Crippen LogP contribution in [-0.4, -0.2) is 43.5 Å². The molecule has 1 aliphatic heterocycles. The first-order valence-electron chi connectivity index (χ1n) is 6.52. The van der Waals surface area contributed by atoms with Gasteiger partial charge in [0.15, 0.2) is 0 Å². The molecular weight excluding hydrogens is 234 g/mol. The Hall–Kier alpha value is -1.00. The van der Waals surface area contributed by atoms with Crippen LogP contribution in [-0.2, 0) is 6.42 Å². The third-order valence-electron chi connectivity index (χ3n) is 3.39. The van der Waals surface area contributed by atoms with Crippen molar-refractivity contribution in [2.75, 3.05) is 26.2 Å². The second kappa shape index (κ2) is 6.81. The zero-order valence-corrected chi connectivity index (χ0v) is 10.5. The van der Waals surface area contributed by atoms with E-state index in [9.17, 15) is 8.78 Å². The van der Waals surface area contributed by atoms with E-state index in [-0.39, 0.29) is 12.6 Å². The van der Waals surface area contributed by atoms with Crippen LogP contribution in [0.2, 0.25) is 0 Å². The smallest absolute Gasteiger partial charge is 0.250 e. The Morgan fingerprint density at radius 1 is 1.28 bits per heavy atom. The molecule has 1 saturated heterocycles. The van der Waals surface area contributed by atoms with E-state index >= 15 is 0 Å². The summed E-state index contributed by atoms with van der Waals surface area (Å²) in [7, 11) is 0. The average molecular weight is 254 g/mol. The number of hydrogen-bond acceptors (Lipinski definition) is 2. The van der Waals surface area contributed by atoms with E-state index in [1.807, 2.05) is 18.2 Å². The van der Waals surface area contributed by atoms with Gasteiger partial charge in [0.05, 0.1) is 6.54 Å². The van der Waals surface area contributed by atoms with Crippen LogP contribution in [0, 0.1) is 0 Å². The molecular formula is C14H20F2N2. The SMILES string of the molecule is FC(F)CNC1CCN(CCc2ccccc2)C1. The highest BCUT2D eigenvalue weighted by molar-refractivity contribution is 5.14. The third-order valence-corrected chi connectivity index (χ3v) is 3.39. The Bertz CT molecular complexity index is 343. The summed E-state index contributed by atoms with van der Waals surface area (Å²) in [5.74, 6) is 0. The summed E-state index contributed by atoms with van der Waals surface area (Å²) in [4.78, 5) is 2.34. The average Bonchev–Trinajstić information content (AvgIpc) is 2.83. The minimum Gasteiger partial charge on any atom is -0.307 e. The fourth-order valence-corrected chi connectivity index (χ4v) is 2.39. The van der Waals surface area contributed by atoms with Crippen molar-refractivity contribution in [2.24, 2.45) is 0 Å². The lowest BCUT2D eigenvalue weighted by Gasteiger charge is -2.16. The van der Waals surface area contributed by atoms with Crippen LogP contribution >= 0.6 is 0 Å². The molecule has 1 unspecified atom stereocenters. The number of benzene rings is 1. The van der Waals surface area contributed by atoms with Crippen molar-refractivity contribution in [2.45, 2.75) is 25.3 Å². The van der Waals surface area contributed by atoms with Gasteiger partial charge < -0.3 is 10.2 Å². The van der Waals surface area contributed by atoms with Crippen LogP contribution in [0.5, 0.6) is 0 Å². The van der Waals surface area contributed by atoms with Gasteiger partial charge in [0.2, 0.25) is 0 Å². The van der Waals surface area contributed by atoms with E-state index in [1.54, 1.807) is 0 Å². The van der Waals surface area contributed by atoms with Crippen LogP contribution in [0.15, 0.2) is 30.3 Å². The largest absolute Gasteiger partial charge is 0.307 e. The first-order chi connectivity index (χ1) is 8.74. The monoisotopic (exact) mass is 254 g/mol. The van der Waals surface area contributed by atoms with Gasteiger partial charge in [-0.1, -0.05) is 30.3 Å². The molecule has 4 heteroatoms. The van der Waals surface area contributed by atoms with Crippen molar-refractivity contribution in [3.8, 4) is 0 Å². The first-order valence-corrected chi connectivity index (χ1v) is 6.52. The van der Waals surface area contributed by atoms with E-state index in [0.29, 0.717) is 0 Å². The second-order valence-electron chi connectivity index (χ2n) is 4.82. The van der Waals surface area contributed by atoms with Crippen LogP contribution in [0.1, 0.15) is 12.0 Å². The lowest BCUT2D eigenvalue weighted by molar-refractivity contribution is 0.141. The predicted octanol–water partition coefficient (Wildman–Crippen LogP) is 2.16. The van der Waals surface area contributed by atoms with Crippen molar-refractivity contribution in [1.29, 1.82) is 0 Å². The summed E-state index contributed by atoms with van der Waals surface area (Å²) in [6, 6.07) is 10.6. The van der Waals surface area contributed by atoms with Gasteiger partial charge in [-0.15, -0.1) is 0 Å². The summed E-state index contributed by atoms with van der Waals surface area (Å²) in [6.45, 7) is 2.72. The molecule has 1 aromatic rings. The minimum atomic E-state index is -2.25. The topological polar surface area (TPSA) is 15.3 Å². The fourth-order valence-electron chi connectivity index (χ4n) is 2.39. The highest BCUT2D eigenvalue weighted by atomic mass is 19.3. The molecule has 1 heterocycles. The highest BCUT2D eigenvalue weighted by Gasteiger charge is 2.22. The molecule has 1 fully saturated rings. The van der Waals surface area contributed by atoms with Crippen molar-refractivity contribution in [3.63, 3.8) is 0 Å². The predicted molar refractivity (Wildman–Crippen MR) is 69.0 cm³/mol. The van der Waals surface area contributed by atoms with Gasteiger partial charge in [0, 0.05) is 19.1 Å². The van der Waals surface area contributed by atoms with Crippen molar-refractivity contribution in [3.05, 3.63) is 35.9 Å². The summed E-state index contributed by atoms with van der Waals surface area (Å²) >= 11 is 0. The third kappa shape index (κ3) is 4.35. The van der Waals surface area contributed by atoms with Gasteiger partial charge >= 0.3 is 0 Å². The summed E-state index contributed by atoms with van der Waals surface area (Å²) in [5.41, 5.74) is 1.33. The number of rotatable bonds is 6. The number of nitrogens with one attached hydrogen (secondary N) is 1. The molecule has 1 aromatic carbocycles. The van der Waals surface area contributed by atoms with Crippen LogP contribution in [0.25, 0.3) is 0 Å². The molecule has 2 nitrogen and oxygen atoms in total. The Balaban J connectivity index is 1.67. The lowest BCUT2D eigenvalue weighted by atomic mass is 10.1. The lowest BCUT2D eigenvalue weighted by Crippen LogP contribution is -2.35. The molecule has 0 bridgehead atoms. The van der Waals surface area contributed by atoms with Crippen molar-refractivity contribution >= 4 is 0 Å². The summed E-state index contributed by atoms with van der Waals surface area (Å²) in [6.07, 6.45) is -0.243. The maximum absolute atomic E-state index is 12.1. The zero-order valence-electron chi connectivity index (χ0n) is 10.5. The van der Waals surface area contributed by atoms with Crippen molar-refractivity contribution in [1.82, 2.24) is 10.2 Å². The van der Waals surface area contributed by atoms with E-state index in [0.717, 1.165) is 32.5 Å². The van der Waals surface area contributed by atoms with E-state index in [4.69, 9.17) is 0 Å². The van der Waals surface area contributed by atoms with Gasteiger partial charge in [0.1, 0.15) is 0 Å². The van der Waals surface area contributed by atoms with Gasteiger partial charge in [-0.3, -0.25) is 0 Å². The second-order valence-corrected chi connectivity index (χ2v) is 4.82. The molecule has 0 spiro atoms. The molecule has 0 radical (unpaired) electrons. The van der Waals surface area contributed by atoms with Crippen LogP contribution < -0.4 is 5.32 Å². The Morgan fingerprint density at radius 2 is 2.06 bits per heavy atom. The Kier molecular flexibility index (Phi) is 5.08. The quantitative estimate of drug-likeness (QED) is 0.837. The molecule has 0 aliphatic carbocycles. The molecule has 0 amide bonds. The molecule has 0 saturated carbocycles. The minimum absolute atomic E-state index is 0.183. The van der Waals surface area contributed by atoms with E-state index in [2.05, 4.69) is 22.3 Å². The number of hydrogen-bond donors (Lipinski definition) is 1. The fraction of sp³-hybridized carbons (Fsp3) is 0.571.